The number of hydrogen-bond donors (Lipinski definition) is 0. The molecule has 0 atom stereocenters. The maximum absolute atomic E-state index is 5.91. The normalized spacial score (nSPS) is 16.2. The third kappa shape index (κ3) is 3.69. The molecule has 0 aromatic carbocycles. The van der Waals surface area contributed by atoms with E-state index in [9.17, 15) is 0 Å². The smallest absolute Gasteiger partial charge is 0.230 e. The molecule has 2 heterocycles. The molecule has 1 fully saturated rings. The molecule has 0 N–H and O–H groups in total. The van der Waals surface area contributed by atoms with E-state index in [1.165, 1.54) is 0 Å². The van der Waals surface area contributed by atoms with Crippen molar-refractivity contribution in [3.8, 4) is 0 Å². The van der Waals surface area contributed by atoms with Crippen molar-refractivity contribution >= 4 is 29.3 Å². The van der Waals surface area contributed by atoms with E-state index in [0.717, 1.165) is 25.3 Å². The Morgan fingerprint density at radius 2 is 2.06 bits per heavy atom. The second-order valence-corrected chi connectivity index (χ2v) is 5.04. The van der Waals surface area contributed by atoms with Gasteiger partial charge in [0.1, 0.15) is 0 Å². The lowest BCUT2D eigenvalue weighted by atomic mass is 10.4. The summed E-state index contributed by atoms with van der Waals surface area (Å²) in [6.07, 6.45) is 1.08. The first-order valence-corrected chi connectivity index (χ1v) is 7.03. The molecule has 94 valence electrons. The highest BCUT2D eigenvalue weighted by atomic mass is 35.5. The molecule has 1 aliphatic heterocycles. The minimum absolute atomic E-state index is 0.264. The van der Waals surface area contributed by atoms with Crippen LogP contribution in [0.15, 0.2) is 5.16 Å². The summed E-state index contributed by atoms with van der Waals surface area (Å²) in [5.74, 6) is 1.65. The van der Waals surface area contributed by atoms with Crippen LogP contribution in [0, 0.1) is 0 Å². The van der Waals surface area contributed by atoms with Gasteiger partial charge < -0.3 is 9.64 Å². The fourth-order valence-corrected chi connectivity index (χ4v) is 2.37. The monoisotopic (exact) mass is 274 g/mol. The summed E-state index contributed by atoms with van der Waals surface area (Å²) < 4.78 is 5.30. The first kappa shape index (κ1) is 12.9. The number of morpholine rings is 1. The lowest BCUT2D eigenvalue weighted by molar-refractivity contribution is 0.122. The average molecular weight is 275 g/mol. The topological polar surface area (TPSA) is 51.1 Å². The van der Waals surface area contributed by atoms with Crippen molar-refractivity contribution in [2.24, 2.45) is 0 Å². The van der Waals surface area contributed by atoms with Crippen LogP contribution in [0.2, 0.25) is 5.28 Å². The maximum Gasteiger partial charge on any atom is 0.230 e. The highest BCUT2D eigenvalue weighted by Gasteiger charge is 2.15. The first-order chi connectivity index (χ1) is 8.29. The Balaban J connectivity index is 2.12. The molecule has 2 rings (SSSR count). The average Bonchev–Trinajstić information content (AvgIpc) is 2.37. The van der Waals surface area contributed by atoms with Gasteiger partial charge >= 0.3 is 0 Å². The molecule has 0 spiro atoms. The Morgan fingerprint density at radius 3 is 2.76 bits per heavy atom. The third-order valence-corrected chi connectivity index (χ3v) is 3.53. The van der Waals surface area contributed by atoms with Gasteiger partial charge in [0.2, 0.25) is 11.2 Å². The zero-order valence-electron chi connectivity index (χ0n) is 9.73. The quantitative estimate of drug-likeness (QED) is 0.781. The van der Waals surface area contributed by atoms with Gasteiger partial charge in [0.15, 0.2) is 5.16 Å². The number of halogens is 1. The molecule has 1 aliphatic rings. The second kappa shape index (κ2) is 6.37. The standard InChI is InChI=1S/C10H15ClN4OS/c1-2-7-17-10-13-8(11)12-9(14-10)15-3-5-16-6-4-15/h2-7H2,1H3. The lowest BCUT2D eigenvalue weighted by Gasteiger charge is -2.26. The molecule has 0 unspecified atom stereocenters. The van der Waals surface area contributed by atoms with E-state index in [1.807, 2.05) is 0 Å². The molecule has 1 aromatic heterocycles. The van der Waals surface area contributed by atoms with Crippen LogP contribution in [0.4, 0.5) is 5.95 Å². The van der Waals surface area contributed by atoms with Crippen LogP contribution in [0.1, 0.15) is 13.3 Å². The van der Waals surface area contributed by atoms with Gasteiger partial charge in [-0.05, 0) is 18.0 Å². The highest BCUT2D eigenvalue weighted by Crippen LogP contribution is 2.19. The summed E-state index contributed by atoms with van der Waals surface area (Å²) in [4.78, 5) is 14.8. The third-order valence-electron chi connectivity index (χ3n) is 2.31. The maximum atomic E-state index is 5.91. The van der Waals surface area contributed by atoms with E-state index < -0.39 is 0 Å². The van der Waals surface area contributed by atoms with Gasteiger partial charge in [0.25, 0.3) is 0 Å². The second-order valence-electron chi connectivity index (χ2n) is 3.63. The summed E-state index contributed by atoms with van der Waals surface area (Å²) in [7, 11) is 0. The summed E-state index contributed by atoms with van der Waals surface area (Å²) in [5, 5.41) is 0.966. The van der Waals surface area contributed by atoms with Crippen molar-refractivity contribution < 1.29 is 4.74 Å². The van der Waals surface area contributed by atoms with Gasteiger partial charge in [-0.25, -0.2) is 0 Å². The first-order valence-electron chi connectivity index (χ1n) is 5.66. The van der Waals surface area contributed by atoms with Crippen LogP contribution in [0.3, 0.4) is 0 Å². The Hall–Kier alpha value is -0.590. The number of hydrogen-bond acceptors (Lipinski definition) is 6. The van der Waals surface area contributed by atoms with Gasteiger partial charge in [0.05, 0.1) is 13.2 Å². The van der Waals surface area contributed by atoms with Crippen molar-refractivity contribution in [1.82, 2.24) is 15.0 Å². The molecule has 0 aliphatic carbocycles. The molecule has 0 amide bonds. The van der Waals surface area contributed by atoms with E-state index in [2.05, 4.69) is 26.8 Å². The van der Waals surface area contributed by atoms with E-state index in [1.54, 1.807) is 11.8 Å². The van der Waals surface area contributed by atoms with Gasteiger partial charge in [-0.15, -0.1) is 0 Å². The molecule has 0 radical (unpaired) electrons. The highest BCUT2D eigenvalue weighted by molar-refractivity contribution is 7.99. The van der Waals surface area contributed by atoms with Crippen LogP contribution in [-0.4, -0.2) is 47.0 Å². The van der Waals surface area contributed by atoms with Crippen LogP contribution in [0.5, 0.6) is 0 Å². The minimum Gasteiger partial charge on any atom is -0.378 e. The van der Waals surface area contributed by atoms with Crippen LogP contribution in [0.25, 0.3) is 0 Å². The minimum atomic E-state index is 0.264. The Kier molecular flexibility index (Phi) is 4.82. The Bertz CT molecular complexity index is 373. The van der Waals surface area contributed by atoms with Crippen molar-refractivity contribution in [2.75, 3.05) is 37.0 Å². The van der Waals surface area contributed by atoms with E-state index >= 15 is 0 Å². The van der Waals surface area contributed by atoms with Crippen molar-refractivity contribution in [1.29, 1.82) is 0 Å². The Labute approximate surface area is 110 Å². The summed E-state index contributed by atoms with van der Waals surface area (Å²) in [6.45, 7) is 5.15. The fourth-order valence-electron chi connectivity index (χ4n) is 1.48. The number of thioether (sulfide) groups is 1. The molecule has 5 nitrogen and oxygen atoms in total. The van der Waals surface area contributed by atoms with Crippen LogP contribution in [-0.2, 0) is 4.74 Å². The van der Waals surface area contributed by atoms with Crippen LogP contribution >= 0.6 is 23.4 Å². The molecule has 7 heteroatoms. The molecule has 0 saturated carbocycles. The summed E-state index contributed by atoms with van der Waals surface area (Å²) in [5.41, 5.74) is 0. The molecular weight excluding hydrogens is 260 g/mol. The molecular formula is C10H15ClN4OS. The van der Waals surface area contributed by atoms with Crippen molar-refractivity contribution in [3.63, 3.8) is 0 Å². The molecule has 0 bridgehead atoms. The fraction of sp³-hybridized carbons (Fsp3) is 0.700. The molecule has 17 heavy (non-hydrogen) atoms. The zero-order chi connectivity index (χ0) is 12.1. The van der Waals surface area contributed by atoms with Gasteiger partial charge in [-0.1, -0.05) is 18.7 Å². The van der Waals surface area contributed by atoms with Gasteiger partial charge in [-0.2, -0.15) is 15.0 Å². The number of aromatic nitrogens is 3. The predicted octanol–water partition coefficient (Wildman–Crippen LogP) is 1.86. The van der Waals surface area contributed by atoms with E-state index in [0.29, 0.717) is 24.3 Å². The molecule has 1 aromatic rings. The van der Waals surface area contributed by atoms with E-state index in [-0.39, 0.29) is 5.28 Å². The predicted molar refractivity (Wildman–Crippen MR) is 68.9 cm³/mol. The zero-order valence-corrected chi connectivity index (χ0v) is 11.3. The number of anilines is 1. The SMILES string of the molecule is CCCSc1nc(Cl)nc(N2CCOCC2)n1. The lowest BCUT2D eigenvalue weighted by Crippen LogP contribution is -2.37. The largest absolute Gasteiger partial charge is 0.378 e. The summed E-state index contributed by atoms with van der Waals surface area (Å²) >= 11 is 7.52. The van der Waals surface area contributed by atoms with Crippen LogP contribution < -0.4 is 4.90 Å². The number of ether oxygens (including phenoxy) is 1. The van der Waals surface area contributed by atoms with Crippen molar-refractivity contribution in [2.45, 2.75) is 18.5 Å². The Morgan fingerprint density at radius 1 is 1.29 bits per heavy atom. The van der Waals surface area contributed by atoms with E-state index in [4.69, 9.17) is 16.3 Å². The summed E-state index contributed by atoms with van der Waals surface area (Å²) in [6, 6.07) is 0. The van der Waals surface area contributed by atoms with Gasteiger partial charge in [-0.3, -0.25) is 0 Å². The van der Waals surface area contributed by atoms with Crippen molar-refractivity contribution in [3.05, 3.63) is 5.28 Å². The number of rotatable bonds is 4. The number of nitrogens with zero attached hydrogens (tertiary/aromatic N) is 4. The molecule has 1 saturated heterocycles. The van der Waals surface area contributed by atoms with Gasteiger partial charge in [0, 0.05) is 18.8 Å².